The van der Waals surface area contributed by atoms with Crippen LogP contribution in [0.2, 0.25) is 0 Å². The number of nitrogens with one attached hydrogen (secondary N) is 1. The van der Waals surface area contributed by atoms with Crippen LogP contribution in [0, 0.1) is 17.8 Å². The van der Waals surface area contributed by atoms with E-state index in [-0.39, 0.29) is 28.6 Å². The Morgan fingerprint density at radius 1 is 1.00 bits per heavy atom. The summed E-state index contributed by atoms with van der Waals surface area (Å²) in [6.45, 7) is 12.8. The second-order valence-corrected chi connectivity index (χ2v) is 9.37. The van der Waals surface area contributed by atoms with E-state index in [1.165, 1.54) is 0 Å². The number of benzene rings is 1. The minimum Gasteiger partial charge on any atom is -0.326 e. The van der Waals surface area contributed by atoms with Crippen molar-refractivity contribution in [1.82, 2.24) is 4.31 Å². The zero-order chi connectivity index (χ0) is 19.2. The smallest absolute Gasteiger partial charge is 0.243 e. The molecular formula is C19H32N2O3S. The SMILES string of the molecule is CC[C@H](C)C(=O)Nc1ccc(S(=O)(=O)N(CC(C)C)CC(C)C)cc1. The van der Waals surface area contributed by atoms with Gasteiger partial charge in [-0.15, -0.1) is 0 Å². The second kappa shape index (κ2) is 9.34. The normalized spacial score (nSPS) is 13.5. The number of sulfonamides is 1. The molecule has 1 amide bonds. The molecule has 1 aromatic carbocycles. The topological polar surface area (TPSA) is 66.5 Å². The van der Waals surface area contributed by atoms with Crippen LogP contribution in [-0.2, 0) is 14.8 Å². The van der Waals surface area contributed by atoms with Crippen LogP contribution < -0.4 is 5.32 Å². The van der Waals surface area contributed by atoms with Gasteiger partial charge in [-0.25, -0.2) is 8.42 Å². The van der Waals surface area contributed by atoms with E-state index in [0.29, 0.717) is 18.8 Å². The zero-order valence-electron chi connectivity index (χ0n) is 16.2. The van der Waals surface area contributed by atoms with Gasteiger partial charge in [-0.05, 0) is 42.5 Å². The summed E-state index contributed by atoms with van der Waals surface area (Å²) < 4.78 is 27.4. The molecule has 25 heavy (non-hydrogen) atoms. The van der Waals surface area contributed by atoms with Crippen LogP contribution in [0.5, 0.6) is 0 Å². The molecule has 0 aliphatic carbocycles. The largest absolute Gasteiger partial charge is 0.326 e. The highest BCUT2D eigenvalue weighted by atomic mass is 32.2. The molecule has 0 saturated heterocycles. The lowest BCUT2D eigenvalue weighted by molar-refractivity contribution is -0.119. The minimum atomic E-state index is -3.54. The molecule has 0 unspecified atom stereocenters. The number of rotatable bonds is 9. The zero-order valence-corrected chi connectivity index (χ0v) is 17.1. The van der Waals surface area contributed by atoms with E-state index in [0.717, 1.165) is 6.42 Å². The van der Waals surface area contributed by atoms with Crippen LogP contribution >= 0.6 is 0 Å². The lowest BCUT2D eigenvalue weighted by atomic mass is 10.1. The molecule has 0 spiro atoms. The molecule has 0 fully saturated rings. The molecule has 0 bridgehead atoms. The van der Waals surface area contributed by atoms with Gasteiger partial charge < -0.3 is 5.32 Å². The van der Waals surface area contributed by atoms with Gasteiger partial charge in [0.1, 0.15) is 0 Å². The Morgan fingerprint density at radius 2 is 1.48 bits per heavy atom. The average Bonchev–Trinajstić information content (AvgIpc) is 2.53. The van der Waals surface area contributed by atoms with Crippen molar-refractivity contribution in [2.45, 2.75) is 52.9 Å². The van der Waals surface area contributed by atoms with E-state index < -0.39 is 10.0 Å². The molecule has 142 valence electrons. The Bertz CT molecular complexity index is 642. The maximum atomic E-state index is 12.9. The fourth-order valence-electron chi connectivity index (χ4n) is 2.40. The standard InChI is InChI=1S/C19H32N2O3S/c1-7-16(6)19(22)20-17-8-10-18(11-9-17)25(23,24)21(12-14(2)3)13-15(4)5/h8-11,14-16H,7,12-13H2,1-6H3,(H,20,22)/t16-/m0/s1. The molecule has 0 aliphatic rings. The first-order valence-electron chi connectivity index (χ1n) is 8.99. The number of anilines is 1. The Labute approximate surface area is 152 Å². The van der Waals surface area contributed by atoms with Crippen LogP contribution in [0.1, 0.15) is 48.0 Å². The number of carbonyl (C=O) groups is 1. The summed E-state index contributed by atoms with van der Waals surface area (Å²) in [5, 5.41) is 2.82. The van der Waals surface area contributed by atoms with E-state index in [1.54, 1.807) is 28.6 Å². The second-order valence-electron chi connectivity index (χ2n) is 7.43. The number of amides is 1. The van der Waals surface area contributed by atoms with Crippen molar-refractivity contribution < 1.29 is 13.2 Å². The highest BCUT2D eigenvalue weighted by Crippen LogP contribution is 2.21. The molecule has 1 aromatic rings. The Kier molecular flexibility index (Phi) is 8.09. The number of hydrogen-bond donors (Lipinski definition) is 1. The van der Waals surface area contributed by atoms with Gasteiger partial charge in [0.2, 0.25) is 15.9 Å². The predicted octanol–water partition coefficient (Wildman–Crippen LogP) is 3.97. The Hall–Kier alpha value is -1.40. The van der Waals surface area contributed by atoms with Crippen molar-refractivity contribution in [1.29, 1.82) is 0 Å². The van der Waals surface area contributed by atoms with Gasteiger partial charge in [-0.2, -0.15) is 4.31 Å². The lowest BCUT2D eigenvalue weighted by Crippen LogP contribution is -2.37. The summed E-state index contributed by atoms with van der Waals surface area (Å²) in [4.78, 5) is 12.2. The fourth-order valence-corrected chi connectivity index (χ4v) is 4.16. The van der Waals surface area contributed by atoms with Crippen molar-refractivity contribution in [3.63, 3.8) is 0 Å². The van der Waals surface area contributed by atoms with Crippen LogP contribution in [0.4, 0.5) is 5.69 Å². The van der Waals surface area contributed by atoms with E-state index in [9.17, 15) is 13.2 Å². The highest BCUT2D eigenvalue weighted by Gasteiger charge is 2.25. The average molecular weight is 369 g/mol. The monoisotopic (exact) mass is 368 g/mol. The molecule has 1 atom stereocenters. The fraction of sp³-hybridized carbons (Fsp3) is 0.632. The van der Waals surface area contributed by atoms with Gasteiger partial charge in [0.25, 0.3) is 0 Å². The first-order chi connectivity index (χ1) is 11.6. The third-order valence-corrected chi connectivity index (χ3v) is 5.80. The van der Waals surface area contributed by atoms with Gasteiger partial charge in [-0.3, -0.25) is 4.79 Å². The molecule has 0 aromatic heterocycles. The molecule has 1 rings (SSSR count). The molecule has 0 saturated carbocycles. The number of hydrogen-bond acceptors (Lipinski definition) is 3. The summed E-state index contributed by atoms with van der Waals surface area (Å²) in [7, 11) is -3.54. The Balaban J connectivity index is 2.99. The quantitative estimate of drug-likeness (QED) is 0.717. The van der Waals surface area contributed by atoms with Gasteiger partial charge >= 0.3 is 0 Å². The van der Waals surface area contributed by atoms with E-state index in [4.69, 9.17) is 0 Å². The van der Waals surface area contributed by atoms with Crippen LogP contribution in [-0.4, -0.2) is 31.7 Å². The lowest BCUT2D eigenvalue weighted by Gasteiger charge is -2.25. The summed E-state index contributed by atoms with van der Waals surface area (Å²) in [5.74, 6) is 0.376. The molecule has 0 aliphatic heterocycles. The van der Waals surface area contributed by atoms with E-state index in [2.05, 4.69) is 5.32 Å². The molecule has 1 N–H and O–H groups in total. The third kappa shape index (κ3) is 6.44. The first kappa shape index (κ1) is 21.6. The van der Waals surface area contributed by atoms with Crippen molar-refractivity contribution in [2.24, 2.45) is 17.8 Å². The molecule has 0 radical (unpaired) electrons. The molecule has 5 nitrogen and oxygen atoms in total. The van der Waals surface area contributed by atoms with Gasteiger partial charge in [0.15, 0.2) is 0 Å². The van der Waals surface area contributed by atoms with Crippen LogP contribution in [0.15, 0.2) is 29.2 Å². The van der Waals surface area contributed by atoms with Crippen molar-refractivity contribution >= 4 is 21.6 Å². The van der Waals surface area contributed by atoms with Gasteiger partial charge in [-0.1, -0.05) is 41.5 Å². The Morgan fingerprint density at radius 3 is 1.88 bits per heavy atom. The number of nitrogens with zero attached hydrogens (tertiary/aromatic N) is 1. The number of carbonyl (C=O) groups excluding carboxylic acids is 1. The van der Waals surface area contributed by atoms with Crippen LogP contribution in [0.3, 0.4) is 0 Å². The maximum absolute atomic E-state index is 12.9. The minimum absolute atomic E-state index is 0.0562. The van der Waals surface area contributed by atoms with Gasteiger partial charge in [0, 0.05) is 24.7 Å². The van der Waals surface area contributed by atoms with E-state index in [1.807, 2.05) is 41.5 Å². The molecule has 0 heterocycles. The summed E-state index contributed by atoms with van der Waals surface area (Å²) in [5.41, 5.74) is 0.614. The summed E-state index contributed by atoms with van der Waals surface area (Å²) in [6.07, 6.45) is 0.762. The molecule has 6 heteroatoms. The summed E-state index contributed by atoms with van der Waals surface area (Å²) in [6, 6.07) is 6.43. The first-order valence-corrected chi connectivity index (χ1v) is 10.4. The van der Waals surface area contributed by atoms with Crippen molar-refractivity contribution in [3.8, 4) is 0 Å². The maximum Gasteiger partial charge on any atom is 0.243 e. The van der Waals surface area contributed by atoms with Crippen LogP contribution in [0.25, 0.3) is 0 Å². The van der Waals surface area contributed by atoms with Crippen molar-refractivity contribution in [2.75, 3.05) is 18.4 Å². The predicted molar refractivity (Wildman–Crippen MR) is 103 cm³/mol. The highest BCUT2D eigenvalue weighted by molar-refractivity contribution is 7.89. The van der Waals surface area contributed by atoms with Crippen molar-refractivity contribution in [3.05, 3.63) is 24.3 Å². The summed E-state index contributed by atoms with van der Waals surface area (Å²) >= 11 is 0. The third-order valence-electron chi connectivity index (χ3n) is 3.96. The van der Waals surface area contributed by atoms with Gasteiger partial charge in [0.05, 0.1) is 4.90 Å². The van der Waals surface area contributed by atoms with E-state index >= 15 is 0 Å². The molecular weight excluding hydrogens is 336 g/mol.